The van der Waals surface area contributed by atoms with Gasteiger partial charge in [0.2, 0.25) is 5.91 Å². The predicted octanol–water partition coefficient (Wildman–Crippen LogP) is 3.00. The molecule has 1 fully saturated rings. The van der Waals surface area contributed by atoms with Crippen molar-refractivity contribution in [3.8, 4) is 0 Å². The van der Waals surface area contributed by atoms with E-state index >= 15 is 0 Å². The van der Waals surface area contributed by atoms with E-state index < -0.39 is 5.41 Å². The van der Waals surface area contributed by atoms with Crippen molar-refractivity contribution in [2.24, 2.45) is 11.7 Å². The zero-order valence-electron chi connectivity index (χ0n) is 24.7. The van der Waals surface area contributed by atoms with Gasteiger partial charge >= 0.3 is 0 Å². The molecule has 0 radical (unpaired) electrons. The standard InChI is InChI=1S/C34H40N4O5/c1-36(18-19-38-31(39)29-14-8-9-15-30(29)32(38)40)20-22-42-25-43-23-21-37-17-16-28(24-37)34(33(35)41,26-10-4-2-5-11-26)27-12-6-3-7-13-27/h2-15,28H,16-25H2,1H3,(H2,35,41). The number of fused-ring (bicyclic) bond motifs is 1. The molecule has 3 aromatic carbocycles. The highest BCUT2D eigenvalue weighted by Gasteiger charge is 2.49. The van der Waals surface area contributed by atoms with E-state index in [0.29, 0.717) is 44.0 Å². The summed E-state index contributed by atoms with van der Waals surface area (Å²) >= 11 is 0. The lowest BCUT2D eigenvalue weighted by molar-refractivity contribution is -0.123. The van der Waals surface area contributed by atoms with Crippen LogP contribution in [0.4, 0.5) is 0 Å². The first-order chi connectivity index (χ1) is 20.9. The van der Waals surface area contributed by atoms with Crippen molar-refractivity contribution in [1.29, 1.82) is 0 Å². The molecule has 2 N–H and O–H groups in total. The molecule has 9 heteroatoms. The van der Waals surface area contributed by atoms with Crippen molar-refractivity contribution in [3.63, 3.8) is 0 Å². The van der Waals surface area contributed by atoms with E-state index in [4.69, 9.17) is 15.2 Å². The van der Waals surface area contributed by atoms with Crippen LogP contribution in [0.5, 0.6) is 0 Å². The molecule has 5 rings (SSSR count). The Kier molecular flexibility index (Phi) is 9.99. The van der Waals surface area contributed by atoms with Crippen LogP contribution in [0.3, 0.4) is 0 Å². The van der Waals surface area contributed by atoms with Crippen LogP contribution in [0.2, 0.25) is 0 Å². The summed E-state index contributed by atoms with van der Waals surface area (Å²) in [6, 6.07) is 26.7. The number of nitrogens with zero attached hydrogens (tertiary/aromatic N) is 3. The Morgan fingerprint density at radius 3 is 1.98 bits per heavy atom. The first kappa shape index (κ1) is 30.6. The van der Waals surface area contributed by atoms with Crippen LogP contribution in [-0.2, 0) is 19.7 Å². The zero-order chi connectivity index (χ0) is 30.2. The lowest BCUT2D eigenvalue weighted by atomic mass is 9.64. The number of imide groups is 1. The van der Waals surface area contributed by atoms with Gasteiger partial charge in [0.25, 0.3) is 11.8 Å². The average Bonchev–Trinajstić information content (AvgIpc) is 3.59. The minimum Gasteiger partial charge on any atom is -0.369 e. The highest BCUT2D eigenvalue weighted by atomic mass is 16.7. The number of carbonyl (C=O) groups excluding carboxylic acids is 3. The van der Waals surface area contributed by atoms with Crippen molar-refractivity contribution in [3.05, 3.63) is 107 Å². The molecule has 2 heterocycles. The molecular weight excluding hydrogens is 544 g/mol. The minimum absolute atomic E-state index is 0.0434. The fraction of sp³-hybridized carbons (Fsp3) is 0.382. The Morgan fingerprint density at radius 2 is 1.40 bits per heavy atom. The Bertz CT molecular complexity index is 1330. The van der Waals surface area contributed by atoms with E-state index in [1.807, 2.05) is 72.6 Å². The van der Waals surface area contributed by atoms with Gasteiger partial charge in [0.15, 0.2) is 0 Å². The van der Waals surface area contributed by atoms with Crippen LogP contribution in [0.1, 0.15) is 38.3 Å². The third-order valence-corrected chi connectivity index (χ3v) is 8.65. The summed E-state index contributed by atoms with van der Waals surface area (Å²) in [7, 11) is 1.93. The number of hydrogen-bond acceptors (Lipinski definition) is 7. The second-order valence-corrected chi connectivity index (χ2v) is 11.2. The molecule has 226 valence electrons. The monoisotopic (exact) mass is 584 g/mol. The second kappa shape index (κ2) is 14.1. The van der Waals surface area contributed by atoms with Crippen molar-refractivity contribution in [1.82, 2.24) is 14.7 Å². The summed E-state index contributed by atoms with van der Waals surface area (Å²) in [5, 5.41) is 0. The molecule has 0 saturated carbocycles. The summed E-state index contributed by atoms with van der Waals surface area (Å²) in [5.41, 5.74) is 8.10. The van der Waals surface area contributed by atoms with Crippen molar-refractivity contribution < 1.29 is 23.9 Å². The Morgan fingerprint density at radius 1 is 0.837 bits per heavy atom. The fourth-order valence-electron chi connectivity index (χ4n) is 6.33. The molecule has 43 heavy (non-hydrogen) atoms. The summed E-state index contributed by atoms with van der Waals surface area (Å²) in [5.74, 6) is -0.746. The topological polar surface area (TPSA) is 105 Å². The molecule has 0 aromatic heterocycles. The van der Waals surface area contributed by atoms with Crippen molar-refractivity contribution in [2.45, 2.75) is 11.8 Å². The molecule has 1 unspecified atom stereocenters. The summed E-state index contributed by atoms with van der Waals surface area (Å²) in [4.78, 5) is 43.9. The molecule has 9 nitrogen and oxygen atoms in total. The number of rotatable bonds is 15. The van der Waals surface area contributed by atoms with Gasteiger partial charge in [0.1, 0.15) is 12.2 Å². The molecule has 2 aliphatic rings. The van der Waals surface area contributed by atoms with Crippen molar-refractivity contribution >= 4 is 17.7 Å². The van der Waals surface area contributed by atoms with Crippen LogP contribution in [-0.4, -0.2) is 98.7 Å². The van der Waals surface area contributed by atoms with E-state index in [-0.39, 0.29) is 30.4 Å². The maximum absolute atomic E-state index is 13.2. The van der Waals surface area contributed by atoms with Crippen LogP contribution in [0, 0.1) is 5.92 Å². The molecular formula is C34H40N4O5. The third kappa shape index (κ3) is 6.55. The van der Waals surface area contributed by atoms with E-state index in [0.717, 1.165) is 37.2 Å². The summed E-state index contributed by atoms with van der Waals surface area (Å²) in [6.07, 6.45) is 0.857. The lowest BCUT2D eigenvalue weighted by Gasteiger charge is -2.37. The van der Waals surface area contributed by atoms with Crippen molar-refractivity contribution in [2.75, 3.05) is 66.3 Å². The number of benzene rings is 3. The van der Waals surface area contributed by atoms with Gasteiger partial charge in [0.05, 0.1) is 24.3 Å². The average molecular weight is 585 g/mol. The largest absolute Gasteiger partial charge is 0.369 e. The second-order valence-electron chi connectivity index (χ2n) is 11.2. The fourth-order valence-corrected chi connectivity index (χ4v) is 6.33. The number of likely N-dealkylation sites (N-methyl/N-ethyl adjacent to an activating group) is 1. The lowest BCUT2D eigenvalue weighted by Crippen LogP contribution is -2.49. The molecule has 0 spiro atoms. The van der Waals surface area contributed by atoms with Crippen LogP contribution in [0.15, 0.2) is 84.9 Å². The molecule has 1 atom stereocenters. The number of amides is 3. The van der Waals surface area contributed by atoms with Gasteiger partial charge in [-0.2, -0.15) is 0 Å². The third-order valence-electron chi connectivity index (χ3n) is 8.65. The molecule has 3 aromatic rings. The highest BCUT2D eigenvalue weighted by Crippen LogP contribution is 2.43. The Labute approximate surface area is 253 Å². The quantitative estimate of drug-likeness (QED) is 0.166. The molecule has 0 aliphatic carbocycles. The maximum atomic E-state index is 13.2. The normalized spacial score (nSPS) is 17.2. The van der Waals surface area contributed by atoms with Crippen LogP contribution in [0.25, 0.3) is 0 Å². The van der Waals surface area contributed by atoms with Gasteiger partial charge in [-0.1, -0.05) is 72.8 Å². The smallest absolute Gasteiger partial charge is 0.261 e. The summed E-state index contributed by atoms with van der Waals surface area (Å²) < 4.78 is 11.4. The molecule has 2 aliphatic heterocycles. The van der Waals surface area contributed by atoms with Crippen LogP contribution >= 0.6 is 0 Å². The van der Waals surface area contributed by atoms with E-state index in [9.17, 15) is 14.4 Å². The van der Waals surface area contributed by atoms with Crippen LogP contribution < -0.4 is 5.73 Å². The molecule has 0 bridgehead atoms. The predicted molar refractivity (Wildman–Crippen MR) is 163 cm³/mol. The first-order valence-corrected chi connectivity index (χ1v) is 14.9. The van der Waals surface area contributed by atoms with Gasteiger partial charge in [-0.3, -0.25) is 19.3 Å². The number of nitrogens with two attached hydrogens (primary N) is 1. The van der Waals surface area contributed by atoms with Gasteiger partial charge in [0, 0.05) is 32.7 Å². The number of likely N-dealkylation sites (tertiary alicyclic amines) is 1. The van der Waals surface area contributed by atoms with Gasteiger partial charge in [-0.05, 0) is 49.2 Å². The number of ether oxygens (including phenoxy) is 2. The zero-order valence-corrected chi connectivity index (χ0v) is 24.7. The highest BCUT2D eigenvalue weighted by molar-refractivity contribution is 6.21. The SMILES string of the molecule is CN(CCOCOCCN1CCC(C(C(N)=O)(c2ccccc2)c2ccccc2)C1)CCN1C(=O)c2ccccc2C1=O. The van der Waals surface area contributed by atoms with Gasteiger partial charge in [-0.15, -0.1) is 0 Å². The van der Waals surface area contributed by atoms with E-state index in [1.54, 1.807) is 24.3 Å². The Balaban J connectivity index is 1.02. The molecule has 1 saturated heterocycles. The number of hydrogen-bond donors (Lipinski definition) is 1. The first-order valence-electron chi connectivity index (χ1n) is 14.9. The maximum Gasteiger partial charge on any atom is 0.261 e. The van der Waals surface area contributed by atoms with E-state index in [1.165, 1.54) is 4.90 Å². The Hall–Kier alpha value is -3.89. The van der Waals surface area contributed by atoms with Gasteiger partial charge < -0.3 is 25.0 Å². The molecule has 3 amide bonds. The van der Waals surface area contributed by atoms with Gasteiger partial charge in [-0.25, -0.2) is 0 Å². The minimum atomic E-state index is -0.896. The number of primary amides is 1. The van der Waals surface area contributed by atoms with E-state index in [2.05, 4.69) is 4.90 Å². The number of carbonyl (C=O) groups is 3. The summed E-state index contributed by atoms with van der Waals surface area (Å²) in [6.45, 7) is 5.06.